The summed E-state index contributed by atoms with van der Waals surface area (Å²) in [6, 6.07) is 6.71. The van der Waals surface area contributed by atoms with Crippen LogP contribution in [0.2, 0.25) is 0 Å². The summed E-state index contributed by atoms with van der Waals surface area (Å²) in [4.78, 5) is 11.1. The minimum atomic E-state index is 1.03. The third kappa shape index (κ3) is 1.98. The third-order valence-electron chi connectivity index (χ3n) is 3.78. The molecule has 0 atom stereocenters. The van der Waals surface area contributed by atoms with Gasteiger partial charge < -0.3 is 4.98 Å². The van der Waals surface area contributed by atoms with Crippen molar-refractivity contribution in [3.63, 3.8) is 0 Å². The molecule has 1 aliphatic heterocycles. The minimum Gasteiger partial charge on any atom is -0.337 e. The van der Waals surface area contributed by atoms with Crippen LogP contribution in [0.5, 0.6) is 0 Å². The van der Waals surface area contributed by atoms with E-state index < -0.39 is 0 Å². The molecule has 0 aliphatic carbocycles. The monoisotopic (exact) mass is 300 g/mol. The van der Waals surface area contributed by atoms with Gasteiger partial charge in [-0.05, 0) is 54.8 Å². The van der Waals surface area contributed by atoms with Crippen LogP contribution in [-0.2, 0) is 12.2 Å². The van der Waals surface area contributed by atoms with Crippen molar-refractivity contribution in [1.29, 1.82) is 0 Å². The Morgan fingerprint density at radius 2 is 2.10 bits per heavy atom. The molecular formula is C16H16N2S2. The van der Waals surface area contributed by atoms with E-state index >= 15 is 0 Å². The lowest BCUT2D eigenvalue weighted by molar-refractivity contribution is 1.13. The number of fused-ring (bicyclic) bond motifs is 2. The molecule has 0 radical (unpaired) electrons. The Kier molecular flexibility index (Phi) is 2.89. The fourth-order valence-corrected chi connectivity index (χ4v) is 5.17. The standard InChI is InChI=1S/C16H16N2S2/c1-9-5-10(2)15-12(6-9)17-16(18-15)14-7-11-8-19-4-3-13(11)20-14/h5-7H,3-4,8H2,1-2H3,(H,17,18). The maximum atomic E-state index is 4.82. The normalized spacial score (nSPS) is 14.7. The smallest absolute Gasteiger partial charge is 0.148 e. The van der Waals surface area contributed by atoms with E-state index in [1.165, 1.54) is 33.7 Å². The third-order valence-corrected chi connectivity index (χ3v) is 6.03. The molecule has 3 heterocycles. The molecule has 4 rings (SSSR count). The van der Waals surface area contributed by atoms with Gasteiger partial charge in [0.05, 0.1) is 15.9 Å². The number of thiophene rings is 1. The van der Waals surface area contributed by atoms with Gasteiger partial charge in [0.25, 0.3) is 0 Å². The summed E-state index contributed by atoms with van der Waals surface area (Å²) in [5.74, 6) is 3.44. The van der Waals surface area contributed by atoms with Gasteiger partial charge in [-0.2, -0.15) is 11.8 Å². The second-order valence-corrected chi connectivity index (χ2v) is 7.67. The Hall–Kier alpha value is -1.26. The van der Waals surface area contributed by atoms with Gasteiger partial charge >= 0.3 is 0 Å². The first-order valence-corrected chi connectivity index (χ1v) is 8.84. The molecule has 0 unspecified atom stereocenters. The van der Waals surface area contributed by atoms with E-state index in [2.05, 4.69) is 37.0 Å². The molecule has 20 heavy (non-hydrogen) atoms. The highest BCUT2D eigenvalue weighted by Crippen LogP contribution is 2.36. The highest BCUT2D eigenvalue weighted by molar-refractivity contribution is 7.98. The number of aryl methyl sites for hydroxylation is 3. The van der Waals surface area contributed by atoms with Crippen LogP contribution in [-0.4, -0.2) is 15.7 Å². The highest BCUT2D eigenvalue weighted by atomic mass is 32.2. The summed E-state index contributed by atoms with van der Waals surface area (Å²) < 4.78 is 0. The number of benzene rings is 1. The molecule has 1 N–H and O–H groups in total. The van der Waals surface area contributed by atoms with E-state index in [4.69, 9.17) is 4.98 Å². The lowest BCUT2D eigenvalue weighted by atomic mass is 10.1. The van der Waals surface area contributed by atoms with Crippen LogP contribution in [0.15, 0.2) is 18.2 Å². The molecular weight excluding hydrogens is 284 g/mol. The van der Waals surface area contributed by atoms with Crippen molar-refractivity contribution >= 4 is 34.1 Å². The number of aromatic amines is 1. The van der Waals surface area contributed by atoms with Gasteiger partial charge in [0.15, 0.2) is 0 Å². The van der Waals surface area contributed by atoms with Gasteiger partial charge in [-0.25, -0.2) is 4.98 Å². The predicted octanol–water partition coefficient (Wildman–Crippen LogP) is 4.70. The van der Waals surface area contributed by atoms with E-state index in [-0.39, 0.29) is 0 Å². The molecule has 0 saturated heterocycles. The zero-order valence-corrected chi connectivity index (χ0v) is 13.3. The second-order valence-electron chi connectivity index (χ2n) is 5.43. The lowest BCUT2D eigenvalue weighted by Crippen LogP contribution is -1.96. The van der Waals surface area contributed by atoms with Gasteiger partial charge in [0, 0.05) is 10.6 Å². The molecule has 2 aromatic heterocycles. The van der Waals surface area contributed by atoms with E-state index in [0.29, 0.717) is 0 Å². The topological polar surface area (TPSA) is 28.7 Å². The number of aromatic nitrogens is 2. The van der Waals surface area contributed by atoms with E-state index in [9.17, 15) is 0 Å². The van der Waals surface area contributed by atoms with Crippen LogP contribution >= 0.6 is 23.1 Å². The fourth-order valence-electron chi connectivity index (χ4n) is 2.85. The number of rotatable bonds is 1. The lowest BCUT2D eigenvalue weighted by Gasteiger charge is -2.08. The molecule has 1 aliphatic rings. The van der Waals surface area contributed by atoms with Gasteiger partial charge in [0.1, 0.15) is 5.82 Å². The summed E-state index contributed by atoms with van der Waals surface area (Å²) in [6.45, 7) is 4.27. The molecule has 102 valence electrons. The largest absolute Gasteiger partial charge is 0.337 e. The van der Waals surface area contributed by atoms with Crippen LogP contribution in [0.1, 0.15) is 21.6 Å². The van der Waals surface area contributed by atoms with Crippen molar-refractivity contribution < 1.29 is 0 Å². The molecule has 0 amide bonds. The second kappa shape index (κ2) is 4.64. The van der Waals surface area contributed by atoms with Gasteiger partial charge in [-0.1, -0.05) is 6.07 Å². The van der Waals surface area contributed by atoms with Crippen LogP contribution in [0.25, 0.3) is 21.7 Å². The number of thioether (sulfide) groups is 1. The molecule has 3 aromatic rings. The van der Waals surface area contributed by atoms with Crippen LogP contribution in [0.4, 0.5) is 0 Å². The highest BCUT2D eigenvalue weighted by Gasteiger charge is 2.16. The molecule has 0 bridgehead atoms. The van der Waals surface area contributed by atoms with E-state index in [0.717, 1.165) is 22.6 Å². The first-order chi connectivity index (χ1) is 9.70. The SMILES string of the molecule is Cc1cc(C)c2nc(-c3cc4c(s3)CCSC4)[nH]c2c1. The van der Waals surface area contributed by atoms with Crippen LogP contribution in [0.3, 0.4) is 0 Å². The summed E-state index contributed by atoms with van der Waals surface area (Å²) in [5, 5.41) is 0. The Balaban J connectivity index is 1.85. The predicted molar refractivity (Wildman–Crippen MR) is 88.7 cm³/mol. The average Bonchev–Trinajstić information content (AvgIpc) is 3.01. The van der Waals surface area contributed by atoms with Crippen LogP contribution in [0, 0.1) is 13.8 Å². The quantitative estimate of drug-likeness (QED) is 0.706. The Labute approximate surface area is 126 Å². The van der Waals surface area contributed by atoms with Crippen molar-refractivity contribution in [2.24, 2.45) is 0 Å². The van der Waals surface area contributed by atoms with Gasteiger partial charge in [-0.15, -0.1) is 11.3 Å². The maximum Gasteiger partial charge on any atom is 0.148 e. The summed E-state index contributed by atoms with van der Waals surface area (Å²) >= 11 is 3.94. The van der Waals surface area contributed by atoms with Crippen molar-refractivity contribution in [2.45, 2.75) is 26.0 Å². The molecule has 0 fully saturated rings. The number of hydrogen-bond donors (Lipinski definition) is 1. The molecule has 2 nitrogen and oxygen atoms in total. The zero-order chi connectivity index (χ0) is 13.7. The van der Waals surface area contributed by atoms with Crippen LogP contribution < -0.4 is 0 Å². The molecule has 0 saturated carbocycles. The number of imidazole rings is 1. The van der Waals surface area contributed by atoms with Crippen molar-refractivity contribution in [3.05, 3.63) is 39.8 Å². The number of H-pyrrole nitrogens is 1. The summed E-state index contributed by atoms with van der Waals surface area (Å²) in [5.41, 5.74) is 6.30. The Morgan fingerprint density at radius 1 is 1.20 bits per heavy atom. The van der Waals surface area contributed by atoms with Crippen molar-refractivity contribution in [1.82, 2.24) is 9.97 Å². The van der Waals surface area contributed by atoms with E-state index in [1.54, 1.807) is 4.88 Å². The summed E-state index contributed by atoms with van der Waals surface area (Å²) in [6.07, 6.45) is 1.21. The summed E-state index contributed by atoms with van der Waals surface area (Å²) in [7, 11) is 0. The minimum absolute atomic E-state index is 1.03. The average molecular weight is 300 g/mol. The fraction of sp³-hybridized carbons (Fsp3) is 0.312. The van der Waals surface area contributed by atoms with Crippen molar-refractivity contribution in [3.8, 4) is 10.7 Å². The van der Waals surface area contributed by atoms with Gasteiger partial charge in [0.2, 0.25) is 0 Å². The number of hydrogen-bond acceptors (Lipinski definition) is 3. The first kappa shape index (κ1) is 12.5. The Morgan fingerprint density at radius 3 is 2.95 bits per heavy atom. The Bertz CT molecular complexity index is 775. The molecule has 1 aromatic carbocycles. The molecule has 4 heteroatoms. The number of nitrogens with zero attached hydrogens (tertiary/aromatic N) is 1. The first-order valence-electron chi connectivity index (χ1n) is 6.87. The molecule has 0 spiro atoms. The van der Waals surface area contributed by atoms with Crippen molar-refractivity contribution in [2.75, 3.05) is 5.75 Å². The number of nitrogens with one attached hydrogen (secondary N) is 1. The zero-order valence-electron chi connectivity index (χ0n) is 11.6. The maximum absolute atomic E-state index is 4.82. The van der Waals surface area contributed by atoms with E-state index in [1.807, 2.05) is 23.1 Å². The van der Waals surface area contributed by atoms with Gasteiger partial charge in [-0.3, -0.25) is 0 Å².